The third kappa shape index (κ3) is 4.11. The maximum absolute atomic E-state index is 9.94. The van der Waals surface area contributed by atoms with Crippen LogP contribution in [0.25, 0.3) is 0 Å². The summed E-state index contributed by atoms with van der Waals surface area (Å²) in [4.78, 5) is 17.5. The SMILES string of the molecule is O=Cc1ccccn1.c1ccncc1. The zero-order valence-electron chi connectivity index (χ0n) is 7.58. The van der Waals surface area contributed by atoms with Crippen LogP contribution in [0, 0.1) is 0 Å². The van der Waals surface area contributed by atoms with E-state index < -0.39 is 0 Å². The lowest BCUT2D eigenvalue weighted by atomic mass is 10.4. The highest BCUT2D eigenvalue weighted by atomic mass is 16.1. The predicted molar refractivity (Wildman–Crippen MR) is 53.9 cm³/mol. The number of hydrogen-bond donors (Lipinski definition) is 0. The first-order valence-electron chi connectivity index (χ1n) is 4.14. The van der Waals surface area contributed by atoms with Crippen molar-refractivity contribution in [2.75, 3.05) is 0 Å². The summed E-state index contributed by atoms with van der Waals surface area (Å²) in [6.07, 6.45) is 5.81. The minimum absolute atomic E-state index is 0.479. The molecule has 3 nitrogen and oxygen atoms in total. The number of nitrogens with zero attached hydrogens (tertiary/aromatic N) is 2. The van der Waals surface area contributed by atoms with Gasteiger partial charge in [-0.2, -0.15) is 0 Å². The standard InChI is InChI=1S/C6H5NO.C5H5N/c8-5-6-3-1-2-4-7-6;1-2-4-6-5-3-1/h1-5H;1-5H. The average molecular weight is 186 g/mol. The zero-order valence-corrected chi connectivity index (χ0v) is 7.58. The van der Waals surface area contributed by atoms with Gasteiger partial charge in [-0.15, -0.1) is 0 Å². The fraction of sp³-hybridized carbons (Fsp3) is 0. The number of hydrogen-bond acceptors (Lipinski definition) is 3. The molecule has 0 saturated heterocycles. The Balaban J connectivity index is 0.000000146. The van der Waals surface area contributed by atoms with E-state index in [-0.39, 0.29) is 0 Å². The molecule has 2 aromatic rings. The Morgan fingerprint density at radius 1 is 0.929 bits per heavy atom. The van der Waals surface area contributed by atoms with Crippen LogP contribution in [0.1, 0.15) is 10.5 Å². The van der Waals surface area contributed by atoms with Crippen molar-refractivity contribution >= 4 is 6.29 Å². The van der Waals surface area contributed by atoms with Gasteiger partial charge in [0.05, 0.1) is 0 Å². The normalized spacial score (nSPS) is 8.29. The molecule has 0 saturated carbocycles. The van der Waals surface area contributed by atoms with Gasteiger partial charge in [0.15, 0.2) is 6.29 Å². The summed E-state index contributed by atoms with van der Waals surface area (Å²) < 4.78 is 0. The van der Waals surface area contributed by atoms with E-state index in [4.69, 9.17) is 0 Å². The molecule has 0 aliphatic heterocycles. The predicted octanol–water partition coefficient (Wildman–Crippen LogP) is 1.98. The van der Waals surface area contributed by atoms with Crippen LogP contribution in [-0.4, -0.2) is 16.3 Å². The van der Waals surface area contributed by atoms with E-state index in [1.807, 2.05) is 18.2 Å². The van der Waals surface area contributed by atoms with Crippen molar-refractivity contribution in [1.82, 2.24) is 9.97 Å². The van der Waals surface area contributed by atoms with E-state index in [1.165, 1.54) is 0 Å². The lowest BCUT2D eigenvalue weighted by Gasteiger charge is -1.81. The number of pyridine rings is 2. The van der Waals surface area contributed by atoms with Gasteiger partial charge in [-0.25, -0.2) is 0 Å². The molecule has 2 heterocycles. The number of aromatic nitrogens is 2. The highest BCUT2D eigenvalue weighted by molar-refractivity contribution is 5.71. The molecule has 0 fully saturated rings. The number of carbonyl (C=O) groups excluding carboxylic acids is 1. The Morgan fingerprint density at radius 3 is 1.93 bits per heavy atom. The fourth-order valence-electron chi connectivity index (χ4n) is 0.758. The van der Waals surface area contributed by atoms with E-state index in [0.29, 0.717) is 5.69 Å². The minimum Gasteiger partial charge on any atom is -0.296 e. The molecule has 0 atom stereocenters. The molecule has 0 radical (unpaired) electrons. The molecule has 0 aromatic carbocycles. The minimum atomic E-state index is 0.479. The van der Waals surface area contributed by atoms with Crippen LogP contribution in [0.2, 0.25) is 0 Å². The summed E-state index contributed by atoms with van der Waals surface area (Å²) in [6.45, 7) is 0. The van der Waals surface area contributed by atoms with Crippen LogP contribution in [0.5, 0.6) is 0 Å². The molecule has 14 heavy (non-hydrogen) atoms. The molecule has 2 aromatic heterocycles. The summed E-state index contributed by atoms with van der Waals surface area (Å²) in [6, 6.07) is 10.9. The van der Waals surface area contributed by atoms with E-state index in [2.05, 4.69) is 9.97 Å². The molecular formula is C11H10N2O. The van der Waals surface area contributed by atoms with E-state index in [1.54, 1.807) is 36.8 Å². The van der Waals surface area contributed by atoms with Gasteiger partial charge in [0.25, 0.3) is 0 Å². The highest BCUT2D eigenvalue weighted by Gasteiger charge is 1.81. The molecule has 70 valence electrons. The quantitative estimate of drug-likeness (QED) is 0.639. The monoisotopic (exact) mass is 186 g/mol. The second-order valence-corrected chi connectivity index (χ2v) is 2.40. The molecular weight excluding hydrogens is 176 g/mol. The lowest BCUT2D eigenvalue weighted by molar-refractivity contribution is 0.111. The summed E-state index contributed by atoms with van der Waals surface area (Å²) in [7, 11) is 0. The van der Waals surface area contributed by atoms with Crippen LogP contribution in [-0.2, 0) is 0 Å². The number of rotatable bonds is 1. The zero-order chi connectivity index (χ0) is 10.1. The Labute approximate surface area is 82.5 Å². The summed E-state index contributed by atoms with van der Waals surface area (Å²) in [5.74, 6) is 0. The molecule has 0 aliphatic carbocycles. The van der Waals surface area contributed by atoms with Crippen molar-refractivity contribution in [2.45, 2.75) is 0 Å². The Bertz CT molecular complexity index is 321. The van der Waals surface area contributed by atoms with Gasteiger partial charge in [-0.3, -0.25) is 14.8 Å². The van der Waals surface area contributed by atoms with E-state index >= 15 is 0 Å². The molecule has 2 rings (SSSR count). The van der Waals surface area contributed by atoms with Crippen LogP contribution < -0.4 is 0 Å². The summed E-state index contributed by atoms with van der Waals surface area (Å²) in [5.41, 5.74) is 0.479. The molecule has 0 N–H and O–H groups in total. The maximum Gasteiger partial charge on any atom is 0.168 e. The molecule has 3 heteroatoms. The first-order valence-corrected chi connectivity index (χ1v) is 4.14. The van der Waals surface area contributed by atoms with Crippen molar-refractivity contribution in [3.8, 4) is 0 Å². The molecule has 0 unspecified atom stereocenters. The topological polar surface area (TPSA) is 42.9 Å². The Morgan fingerprint density at radius 2 is 1.64 bits per heavy atom. The third-order valence-corrected chi connectivity index (χ3v) is 1.38. The highest BCUT2D eigenvalue weighted by Crippen LogP contribution is 1.85. The Kier molecular flexibility index (Phi) is 4.65. The van der Waals surface area contributed by atoms with Crippen LogP contribution in [0.4, 0.5) is 0 Å². The van der Waals surface area contributed by atoms with Crippen LogP contribution in [0.15, 0.2) is 55.0 Å². The lowest BCUT2D eigenvalue weighted by Crippen LogP contribution is -1.80. The second kappa shape index (κ2) is 6.48. The summed E-state index contributed by atoms with van der Waals surface area (Å²) in [5, 5.41) is 0. The van der Waals surface area contributed by atoms with Crippen molar-refractivity contribution in [3.05, 3.63) is 60.7 Å². The van der Waals surface area contributed by atoms with Crippen molar-refractivity contribution in [3.63, 3.8) is 0 Å². The largest absolute Gasteiger partial charge is 0.296 e. The molecule has 0 bridgehead atoms. The number of carbonyl (C=O) groups is 1. The van der Waals surface area contributed by atoms with Gasteiger partial charge in [-0.1, -0.05) is 12.1 Å². The Hall–Kier alpha value is -2.03. The molecule has 0 spiro atoms. The maximum atomic E-state index is 9.94. The van der Waals surface area contributed by atoms with Gasteiger partial charge in [0.1, 0.15) is 5.69 Å². The van der Waals surface area contributed by atoms with E-state index in [9.17, 15) is 4.79 Å². The fourth-order valence-corrected chi connectivity index (χ4v) is 0.758. The smallest absolute Gasteiger partial charge is 0.168 e. The molecule has 0 amide bonds. The van der Waals surface area contributed by atoms with Crippen molar-refractivity contribution in [1.29, 1.82) is 0 Å². The first kappa shape index (κ1) is 10.1. The van der Waals surface area contributed by atoms with Gasteiger partial charge in [0, 0.05) is 18.6 Å². The average Bonchev–Trinajstić information content (AvgIpc) is 2.33. The van der Waals surface area contributed by atoms with E-state index in [0.717, 1.165) is 6.29 Å². The first-order chi connectivity index (χ1) is 6.93. The van der Waals surface area contributed by atoms with Crippen LogP contribution >= 0.6 is 0 Å². The van der Waals surface area contributed by atoms with Gasteiger partial charge in [0.2, 0.25) is 0 Å². The van der Waals surface area contributed by atoms with Gasteiger partial charge < -0.3 is 0 Å². The van der Waals surface area contributed by atoms with Gasteiger partial charge >= 0.3 is 0 Å². The summed E-state index contributed by atoms with van der Waals surface area (Å²) >= 11 is 0. The second-order valence-electron chi connectivity index (χ2n) is 2.40. The molecule has 0 aliphatic rings. The number of aldehydes is 1. The third-order valence-electron chi connectivity index (χ3n) is 1.38. The van der Waals surface area contributed by atoms with Crippen LogP contribution in [0.3, 0.4) is 0 Å². The van der Waals surface area contributed by atoms with Crippen molar-refractivity contribution < 1.29 is 4.79 Å². The van der Waals surface area contributed by atoms with Gasteiger partial charge in [-0.05, 0) is 24.3 Å². The van der Waals surface area contributed by atoms with Crippen molar-refractivity contribution in [2.24, 2.45) is 0 Å².